The van der Waals surface area contributed by atoms with Gasteiger partial charge in [0.05, 0.1) is 0 Å². The number of hydrogen-bond donors (Lipinski definition) is 0. The molecule has 2 aromatic rings. The third kappa shape index (κ3) is 6.23. The van der Waals surface area contributed by atoms with Crippen LogP contribution in [-0.2, 0) is 5.88 Å². The van der Waals surface area contributed by atoms with E-state index in [9.17, 15) is 0 Å². The molecule has 1 heteroatoms. The Kier molecular flexibility index (Phi) is 8.92. The molecule has 2 unspecified atom stereocenters. The number of halogens is 1. The van der Waals surface area contributed by atoms with Gasteiger partial charge in [0.25, 0.3) is 0 Å². The molecule has 0 bridgehead atoms. The zero-order chi connectivity index (χ0) is 16.4. The number of alkyl halides is 1. The predicted octanol–water partition coefficient (Wildman–Crippen LogP) is 7.14. The van der Waals surface area contributed by atoms with E-state index in [1.165, 1.54) is 29.5 Å². The maximum Gasteiger partial charge on any atom is 0.0474 e. The lowest BCUT2D eigenvalue weighted by atomic mass is 9.98. The summed E-state index contributed by atoms with van der Waals surface area (Å²) in [6.07, 6.45) is 2.42. The summed E-state index contributed by atoms with van der Waals surface area (Å²) in [4.78, 5) is 0. The molecule has 120 valence electrons. The molecule has 0 nitrogen and oxygen atoms in total. The van der Waals surface area contributed by atoms with Crippen LogP contribution in [0.5, 0.6) is 0 Å². The lowest BCUT2D eigenvalue weighted by Crippen LogP contribution is -1.90. The highest BCUT2D eigenvalue weighted by Crippen LogP contribution is 2.19. The topological polar surface area (TPSA) is 0 Å². The van der Waals surface area contributed by atoms with E-state index in [0.29, 0.717) is 17.7 Å². The average molecular weight is 317 g/mol. The summed E-state index contributed by atoms with van der Waals surface area (Å²) >= 11 is 5.69. The van der Waals surface area contributed by atoms with Gasteiger partial charge >= 0.3 is 0 Å². The van der Waals surface area contributed by atoms with Crippen molar-refractivity contribution in [2.75, 3.05) is 0 Å². The van der Waals surface area contributed by atoms with Crippen molar-refractivity contribution >= 4 is 11.6 Å². The Labute approximate surface area is 141 Å². The highest BCUT2D eigenvalue weighted by molar-refractivity contribution is 6.17. The minimum Gasteiger partial charge on any atom is -0.122 e. The largest absolute Gasteiger partial charge is 0.122 e. The van der Waals surface area contributed by atoms with Crippen LogP contribution in [0.25, 0.3) is 0 Å². The van der Waals surface area contributed by atoms with E-state index in [1.54, 1.807) is 0 Å². The summed E-state index contributed by atoms with van der Waals surface area (Å²) in [6.45, 7) is 8.93. The van der Waals surface area contributed by atoms with Crippen LogP contribution in [0.3, 0.4) is 0 Å². The second-order valence-corrected chi connectivity index (χ2v) is 6.17. The summed E-state index contributed by atoms with van der Waals surface area (Å²) < 4.78 is 0. The number of hydrogen-bond acceptors (Lipinski definition) is 0. The zero-order valence-electron chi connectivity index (χ0n) is 14.4. The fourth-order valence-electron chi connectivity index (χ4n) is 2.19. The Morgan fingerprint density at radius 2 is 1.18 bits per heavy atom. The Bertz CT molecular complexity index is 501. The second-order valence-electron chi connectivity index (χ2n) is 5.90. The molecule has 0 saturated carbocycles. The maximum atomic E-state index is 5.69. The number of rotatable bonds is 5. The summed E-state index contributed by atoms with van der Waals surface area (Å²) in [5, 5.41) is 0. The Hall–Kier alpha value is -1.27. The molecule has 0 aliphatic carbocycles. The van der Waals surface area contributed by atoms with Gasteiger partial charge in [-0.1, -0.05) is 82.3 Å². The maximum absolute atomic E-state index is 5.69. The molecule has 0 aromatic heterocycles. The van der Waals surface area contributed by atoms with Crippen LogP contribution in [0.4, 0.5) is 0 Å². The molecule has 22 heavy (non-hydrogen) atoms. The van der Waals surface area contributed by atoms with Gasteiger partial charge in [0, 0.05) is 5.88 Å². The van der Waals surface area contributed by atoms with Crippen molar-refractivity contribution in [1.82, 2.24) is 0 Å². The first-order valence-corrected chi connectivity index (χ1v) is 8.85. The van der Waals surface area contributed by atoms with E-state index < -0.39 is 0 Å². The van der Waals surface area contributed by atoms with Gasteiger partial charge in [-0.05, 0) is 41.4 Å². The van der Waals surface area contributed by atoms with Crippen LogP contribution in [-0.4, -0.2) is 0 Å². The van der Waals surface area contributed by atoms with E-state index in [4.69, 9.17) is 11.6 Å². The van der Waals surface area contributed by atoms with Crippen molar-refractivity contribution in [2.24, 2.45) is 0 Å². The quantitative estimate of drug-likeness (QED) is 0.514. The summed E-state index contributed by atoms with van der Waals surface area (Å²) in [5.41, 5.74) is 4.06. The molecule has 0 amide bonds. The first kappa shape index (κ1) is 18.8. The van der Waals surface area contributed by atoms with Crippen LogP contribution in [0.15, 0.2) is 54.6 Å². The van der Waals surface area contributed by atoms with Crippen molar-refractivity contribution in [3.05, 3.63) is 71.3 Å². The van der Waals surface area contributed by atoms with E-state index in [0.717, 1.165) is 0 Å². The smallest absolute Gasteiger partial charge is 0.0474 e. The lowest BCUT2D eigenvalue weighted by molar-refractivity contribution is 0.733. The molecule has 0 aliphatic heterocycles. The number of benzene rings is 2. The molecule has 0 fully saturated rings. The van der Waals surface area contributed by atoms with Gasteiger partial charge < -0.3 is 0 Å². The van der Waals surface area contributed by atoms with Crippen molar-refractivity contribution in [3.63, 3.8) is 0 Å². The minimum absolute atomic E-state index is 0.612. The fourth-order valence-corrected chi connectivity index (χ4v) is 2.37. The molecule has 0 aliphatic rings. The van der Waals surface area contributed by atoms with E-state index >= 15 is 0 Å². The van der Waals surface area contributed by atoms with Crippen LogP contribution in [0.2, 0.25) is 0 Å². The van der Waals surface area contributed by atoms with E-state index in [2.05, 4.69) is 82.3 Å². The molecule has 0 heterocycles. The van der Waals surface area contributed by atoms with E-state index in [-0.39, 0.29) is 0 Å². The van der Waals surface area contributed by atoms with Crippen molar-refractivity contribution in [1.29, 1.82) is 0 Å². The first-order valence-electron chi connectivity index (χ1n) is 8.32. The average Bonchev–Trinajstić information content (AvgIpc) is 2.61. The van der Waals surface area contributed by atoms with Gasteiger partial charge in [0.2, 0.25) is 0 Å². The lowest BCUT2D eigenvalue weighted by Gasteiger charge is -2.08. The van der Waals surface area contributed by atoms with E-state index in [1.807, 2.05) is 0 Å². The third-order valence-corrected chi connectivity index (χ3v) is 4.61. The molecule has 2 aromatic carbocycles. The van der Waals surface area contributed by atoms with Gasteiger partial charge in [-0.15, -0.1) is 11.6 Å². The molecular weight excluding hydrogens is 288 g/mol. The highest BCUT2D eigenvalue weighted by atomic mass is 35.5. The standard InChI is InChI=1S/C11H15Cl.C10H14/c1-3-9(2)11-6-4-10(8-12)5-7-11;1-3-9(2)10-7-5-4-6-8-10/h4-7,9H,3,8H2,1-2H3;4-9H,3H2,1-2H3. The third-order valence-electron chi connectivity index (χ3n) is 4.30. The van der Waals surface area contributed by atoms with Gasteiger partial charge in [-0.3, -0.25) is 0 Å². The second kappa shape index (κ2) is 10.5. The monoisotopic (exact) mass is 316 g/mol. The SMILES string of the molecule is CCC(C)c1ccc(CCl)cc1.CCC(C)c1ccccc1. The Morgan fingerprint density at radius 3 is 1.59 bits per heavy atom. The normalized spacial score (nSPS) is 13.0. The Balaban J connectivity index is 0.000000224. The summed E-state index contributed by atoms with van der Waals surface area (Å²) in [6, 6.07) is 19.2. The molecule has 0 saturated heterocycles. The predicted molar refractivity (Wildman–Crippen MR) is 99.9 cm³/mol. The zero-order valence-corrected chi connectivity index (χ0v) is 15.1. The van der Waals surface area contributed by atoms with Gasteiger partial charge in [0.15, 0.2) is 0 Å². The molecule has 2 rings (SSSR count). The van der Waals surface area contributed by atoms with Gasteiger partial charge in [-0.2, -0.15) is 0 Å². The van der Waals surface area contributed by atoms with Crippen molar-refractivity contribution in [3.8, 4) is 0 Å². The van der Waals surface area contributed by atoms with Gasteiger partial charge in [-0.25, -0.2) is 0 Å². The summed E-state index contributed by atoms with van der Waals surface area (Å²) in [7, 11) is 0. The molecular formula is C21H29Cl. The highest BCUT2D eigenvalue weighted by Gasteiger charge is 2.01. The molecule has 0 spiro atoms. The molecule has 2 atom stereocenters. The summed E-state index contributed by atoms with van der Waals surface area (Å²) in [5.74, 6) is 1.98. The Morgan fingerprint density at radius 1 is 0.727 bits per heavy atom. The van der Waals surface area contributed by atoms with Crippen LogP contribution < -0.4 is 0 Å². The van der Waals surface area contributed by atoms with Crippen LogP contribution >= 0.6 is 11.6 Å². The first-order chi connectivity index (χ1) is 10.6. The van der Waals surface area contributed by atoms with Crippen molar-refractivity contribution < 1.29 is 0 Å². The molecule has 0 N–H and O–H groups in total. The van der Waals surface area contributed by atoms with Crippen molar-refractivity contribution in [2.45, 2.75) is 58.3 Å². The minimum atomic E-state index is 0.612. The fraction of sp³-hybridized carbons (Fsp3) is 0.429. The van der Waals surface area contributed by atoms with Gasteiger partial charge in [0.1, 0.15) is 0 Å². The van der Waals surface area contributed by atoms with Crippen LogP contribution in [0.1, 0.15) is 69.1 Å². The van der Waals surface area contributed by atoms with Crippen LogP contribution in [0, 0.1) is 0 Å². The molecule has 0 radical (unpaired) electrons.